The van der Waals surface area contributed by atoms with Gasteiger partial charge in [-0.15, -0.1) is 0 Å². The second-order valence-electron chi connectivity index (χ2n) is 10.9. The largest absolute Gasteiger partial charge is 0.480 e. The topological polar surface area (TPSA) is 114 Å². The van der Waals surface area contributed by atoms with Gasteiger partial charge in [0.05, 0.1) is 11.7 Å². The molecule has 200 valence electrons. The second kappa shape index (κ2) is 11.8. The van der Waals surface area contributed by atoms with Gasteiger partial charge in [-0.25, -0.2) is 9.59 Å². The molecule has 3 rings (SSSR count). The van der Waals surface area contributed by atoms with Crippen LogP contribution in [0.3, 0.4) is 0 Å². The van der Waals surface area contributed by atoms with E-state index in [1.165, 1.54) is 0 Å². The Bertz CT molecular complexity index is 1080. The van der Waals surface area contributed by atoms with Crippen molar-refractivity contribution >= 4 is 18.0 Å². The molecule has 8 nitrogen and oxygen atoms in total. The molecule has 1 aliphatic rings. The summed E-state index contributed by atoms with van der Waals surface area (Å²) in [5.41, 5.74) is 3.79. The Labute approximate surface area is 218 Å². The average molecular weight is 511 g/mol. The zero-order chi connectivity index (χ0) is 27.3. The molecule has 0 saturated carbocycles. The quantitative estimate of drug-likeness (QED) is 0.426. The highest BCUT2D eigenvalue weighted by molar-refractivity contribution is 5.89. The van der Waals surface area contributed by atoms with Crippen LogP contribution in [0.2, 0.25) is 0 Å². The van der Waals surface area contributed by atoms with Crippen molar-refractivity contribution in [3.8, 4) is 11.1 Å². The zero-order valence-electron chi connectivity index (χ0n) is 22.4. The first-order valence-corrected chi connectivity index (χ1v) is 12.7. The molecule has 0 aliphatic heterocycles. The summed E-state index contributed by atoms with van der Waals surface area (Å²) in [5, 5.41) is 14.7. The number of carboxylic acids is 1. The Hall–Kier alpha value is -3.39. The fourth-order valence-corrected chi connectivity index (χ4v) is 4.74. The van der Waals surface area contributed by atoms with Gasteiger partial charge in [-0.05, 0) is 62.3 Å². The lowest BCUT2D eigenvalue weighted by molar-refractivity contribution is -0.144. The number of nitrogens with one attached hydrogen (secondary N) is 2. The number of hydrogen-bond donors (Lipinski definition) is 3. The van der Waals surface area contributed by atoms with Crippen molar-refractivity contribution in [2.45, 2.75) is 77.7 Å². The molecule has 2 amide bonds. The van der Waals surface area contributed by atoms with Crippen molar-refractivity contribution in [3.05, 3.63) is 59.7 Å². The van der Waals surface area contributed by atoms with Gasteiger partial charge in [-0.1, -0.05) is 62.4 Å². The summed E-state index contributed by atoms with van der Waals surface area (Å²) in [6, 6.07) is 13.8. The van der Waals surface area contributed by atoms with Crippen LogP contribution in [0, 0.1) is 5.92 Å². The molecule has 0 bridgehead atoms. The van der Waals surface area contributed by atoms with Gasteiger partial charge in [0, 0.05) is 5.92 Å². The third-order valence-corrected chi connectivity index (χ3v) is 6.23. The maximum atomic E-state index is 13.2. The van der Waals surface area contributed by atoms with Gasteiger partial charge in [0.15, 0.2) is 0 Å². The molecule has 2 aromatic rings. The van der Waals surface area contributed by atoms with Gasteiger partial charge in [-0.2, -0.15) is 0 Å². The van der Waals surface area contributed by atoms with E-state index in [2.05, 4.69) is 22.8 Å². The van der Waals surface area contributed by atoms with E-state index >= 15 is 0 Å². The Morgan fingerprint density at radius 2 is 1.46 bits per heavy atom. The molecule has 0 fully saturated rings. The lowest BCUT2D eigenvalue weighted by atomic mass is 9.98. The molecule has 0 heterocycles. The number of hydrogen-bond acceptors (Lipinski definition) is 5. The van der Waals surface area contributed by atoms with Gasteiger partial charge >= 0.3 is 12.1 Å². The molecule has 37 heavy (non-hydrogen) atoms. The molecular weight excluding hydrogens is 472 g/mol. The normalized spacial score (nSPS) is 15.3. The Kier molecular flexibility index (Phi) is 8.97. The van der Waals surface area contributed by atoms with Crippen LogP contribution >= 0.6 is 0 Å². The van der Waals surface area contributed by atoms with Gasteiger partial charge in [0.2, 0.25) is 5.91 Å². The van der Waals surface area contributed by atoms with Crippen LogP contribution in [0.1, 0.15) is 65.0 Å². The SMILES string of the molecule is CC(C)C[C@H](NC(=O)[C@@H](NC(=O)OCC1c2ccccc2-c2ccccc21)[C@@H](C)OC(C)(C)C)C(=O)O. The average Bonchev–Trinajstić information content (AvgIpc) is 3.13. The summed E-state index contributed by atoms with van der Waals surface area (Å²) >= 11 is 0. The van der Waals surface area contributed by atoms with Crippen LogP contribution in [0.5, 0.6) is 0 Å². The number of carbonyl (C=O) groups excluding carboxylic acids is 2. The number of alkyl carbamates (subject to hydrolysis) is 1. The number of amides is 2. The van der Waals surface area contributed by atoms with E-state index in [9.17, 15) is 19.5 Å². The van der Waals surface area contributed by atoms with Crippen molar-refractivity contribution in [3.63, 3.8) is 0 Å². The van der Waals surface area contributed by atoms with Crippen LogP contribution in [-0.2, 0) is 19.1 Å². The molecule has 0 aromatic heterocycles. The summed E-state index contributed by atoms with van der Waals surface area (Å²) in [4.78, 5) is 37.8. The molecular formula is C29H38N2O6. The minimum absolute atomic E-state index is 0.0539. The predicted molar refractivity (Wildman–Crippen MR) is 141 cm³/mol. The summed E-state index contributed by atoms with van der Waals surface area (Å²) in [5.74, 6) is -1.85. The van der Waals surface area contributed by atoms with Gasteiger partial charge in [-0.3, -0.25) is 4.79 Å². The monoisotopic (exact) mass is 510 g/mol. The Balaban J connectivity index is 1.73. The highest BCUT2D eigenvalue weighted by atomic mass is 16.6. The minimum atomic E-state index is -1.15. The number of ether oxygens (including phenoxy) is 2. The molecule has 0 radical (unpaired) electrons. The molecule has 1 aliphatic carbocycles. The molecule has 8 heteroatoms. The highest BCUT2D eigenvalue weighted by Crippen LogP contribution is 2.44. The predicted octanol–water partition coefficient (Wildman–Crippen LogP) is 4.71. The number of carbonyl (C=O) groups is 3. The van der Waals surface area contributed by atoms with Crippen molar-refractivity contribution in [1.29, 1.82) is 0 Å². The van der Waals surface area contributed by atoms with Crippen molar-refractivity contribution in [2.24, 2.45) is 5.92 Å². The fraction of sp³-hybridized carbons (Fsp3) is 0.483. The number of benzene rings is 2. The van der Waals surface area contributed by atoms with Crippen molar-refractivity contribution in [2.75, 3.05) is 6.61 Å². The molecule has 0 spiro atoms. The van der Waals surface area contributed by atoms with E-state index < -0.39 is 41.8 Å². The van der Waals surface area contributed by atoms with E-state index in [-0.39, 0.29) is 24.9 Å². The first-order chi connectivity index (χ1) is 17.4. The summed E-state index contributed by atoms with van der Waals surface area (Å²) < 4.78 is 11.6. The number of fused-ring (bicyclic) bond motifs is 3. The van der Waals surface area contributed by atoms with E-state index in [0.29, 0.717) is 0 Å². The van der Waals surface area contributed by atoms with Crippen molar-refractivity contribution < 1.29 is 29.0 Å². The van der Waals surface area contributed by atoms with E-state index in [1.54, 1.807) is 6.92 Å². The standard InChI is InChI=1S/C29H38N2O6/c1-17(2)15-24(27(33)34)30-26(32)25(18(3)37-29(4,5)6)31-28(35)36-16-23-21-13-9-7-11-19(21)20-12-8-10-14-22(20)23/h7-14,17-18,23-25H,15-16H2,1-6H3,(H,30,32)(H,31,35)(H,33,34)/t18-,24+,25+/m1/s1. The summed E-state index contributed by atoms with van der Waals surface area (Å²) in [6.45, 7) is 11.0. The third kappa shape index (κ3) is 7.32. The first-order valence-electron chi connectivity index (χ1n) is 12.7. The minimum Gasteiger partial charge on any atom is -0.480 e. The van der Waals surface area contributed by atoms with Crippen LogP contribution in [0.25, 0.3) is 11.1 Å². The first kappa shape index (κ1) is 28.2. The molecule has 0 saturated heterocycles. The lowest BCUT2D eigenvalue weighted by Gasteiger charge is -2.31. The highest BCUT2D eigenvalue weighted by Gasteiger charge is 2.35. The summed E-state index contributed by atoms with van der Waals surface area (Å²) in [7, 11) is 0. The second-order valence-corrected chi connectivity index (χ2v) is 10.9. The zero-order valence-corrected chi connectivity index (χ0v) is 22.4. The van der Waals surface area contributed by atoms with Crippen molar-refractivity contribution in [1.82, 2.24) is 10.6 Å². The molecule has 2 aromatic carbocycles. The smallest absolute Gasteiger partial charge is 0.407 e. The fourth-order valence-electron chi connectivity index (χ4n) is 4.74. The number of carboxylic acid groups (broad SMARTS) is 1. The molecule has 0 unspecified atom stereocenters. The maximum absolute atomic E-state index is 13.2. The van der Waals surface area contributed by atoms with E-state index in [0.717, 1.165) is 22.3 Å². The maximum Gasteiger partial charge on any atom is 0.407 e. The van der Waals surface area contributed by atoms with Gasteiger partial charge in [0.1, 0.15) is 18.7 Å². The number of rotatable bonds is 10. The number of aliphatic carboxylic acids is 1. The lowest BCUT2D eigenvalue weighted by Crippen LogP contribution is -2.57. The van der Waals surface area contributed by atoms with Crippen LogP contribution in [0.15, 0.2) is 48.5 Å². The van der Waals surface area contributed by atoms with Crippen LogP contribution in [-0.4, -0.2) is 53.5 Å². The van der Waals surface area contributed by atoms with Gasteiger partial charge < -0.3 is 25.2 Å². The van der Waals surface area contributed by atoms with Crippen LogP contribution in [0.4, 0.5) is 4.79 Å². The molecule has 3 atom stereocenters. The van der Waals surface area contributed by atoms with Gasteiger partial charge in [0.25, 0.3) is 0 Å². The third-order valence-electron chi connectivity index (χ3n) is 6.23. The molecule has 3 N–H and O–H groups in total. The van der Waals surface area contributed by atoms with E-state index in [4.69, 9.17) is 9.47 Å². The Morgan fingerprint density at radius 1 is 0.919 bits per heavy atom. The summed E-state index contributed by atoms with van der Waals surface area (Å²) in [6.07, 6.45) is -1.26. The van der Waals surface area contributed by atoms with Crippen LogP contribution < -0.4 is 10.6 Å². The Morgan fingerprint density at radius 3 is 1.95 bits per heavy atom. The van der Waals surface area contributed by atoms with E-state index in [1.807, 2.05) is 71.0 Å².